The van der Waals surface area contributed by atoms with E-state index in [9.17, 15) is 0 Å². The Balaban J connectivity index is 2.28. The van der Waals surface area contributed by atoms with E-state index >= 15 is 0 Å². The minimum absolute atomic E-state index is 0.253. The van der Waals surface area contributed by atoms with Crippen LogP contribution in [-0.2, 0) is 6.54 Å². The summed E-state index contributed by atoms with van der Waals surface area (Å²) in [5, 5.41) is 9.11. The molecule has 0 spiro atoms. The highest BCUT2D eigenvalue weighted by Crippen LogP contribution is 2.35. The van der Waals surface area contributed by atoms with Crippen LogP contribution in [0.4, 0.5) is 5.69 Å². The van der Waals surface area contributed by atoms with Crippen LogP contribution in [0.25, 0.3) is 0 Å². The zero-order valence-corrected chi connectivity index (χ0v) is 12.5. The molecule has 0 aliphatic heterocycles. The molecule has 4 heteroatoms. The Bertz CT molecular complexity index is 407. The average molecular weight is 280 g/mol. The molecule has 0 heterocycles. The van der Waals surface area contributed by atoms with Gasteiger partial charge in [-0.3, -0.25) is 0 Å². The molecule has 1 aliphatic carbocycles. The summed E-state index contributed by atoms with van der Waals surface area (Å²) in [6.45, 7) is 1.75. The Hall–Kier alpha value is -0.710. The summed E-state index contributed by atoms with van der Waals surface area (Å²) in [7, 11) is 0. The molecule has 2 rings (SSSR count). The molecule has 0 atom stereocenters. The monoisotopic (exact) mass is 280 g/mol. The highest BCUT2D eigenvalue weighted by atomic mass is 32.2. The van der Waals surface area contributed by atoms with Gasteiger partial charge in [-0.15, -0.1) is 11.8 Å². The van der Waals surface area contributed by atoms with Crippen LogP contribution in [0.5, 0.6) is 0 Å². The fourth-order valence-corrected chi connectivity index (χ4v) is 3.31. The van der Waals surface area contributed by atoms with Crippen LogP contribution in [0, 0.1) is 0 Å². The van der Waals surface area contributed by atoms with Crippen molar-refractivity contribution in [2.75, 3.05) is 24.3 Å². The van der Waals surface area contributed by atoms with Crippen LogP contribution in [-0.4, -0.2) is 30.6 Å². The molecule has 106 valence electrons. The fraction of sp³-hybridized carbons (Fsp3) is 0.600. The molecule has 0 unspecified atom stereocenters. The highest BCUT2D eigenvalue weighted by Gasteiger charge is 2.26. The lowest BCUT2D eigenvalue weighted by Gasteiger charge is -2.40. The summed E-state index contributed by atoms with van der Waals surface area (Å²) in [6, 6.07) is 7.07. The quantitative estimate of drug-likeness (QED) is 0.754. The SMILES string of the molecule is CSc1cccc(N(CCCO)C2CCC2)c1CN. The normalized spacial score (nSPS) is 15.3. The maximum atomic E-state index is 9.11. The zero-order chi connectivity index (χ0) is 13.7. The molecule has 3 N–H and O–H groups in total. The van der Waals surface area contributed by atoms with E-state index in [-0.39, 0.29) is 6.61 Å². The number of aliphatic hydroxyl groups is 1. The van der Waals surface area contributed by atoms with Gasteiger partial charge in [-0.1, -0.05) is 6.07 Å². The number of benzene rings is 1. The van der Waals surface area contributed by atoms with Crippen molar-refractivity contribution in [2.24, 2.45) is 5.73 Å². The minimum atomic E-state index is 0.253. The summed E-state index contributed by atoms with van der Waals surface area (Å²) >= 11 is 1.76. The predicted molar refractivity (Wildman–Crippen MR) is 82.8 cm³/mol. The van der Waals surface area contributed by atoms with Gasteiger partial charge in [0.2, 0.25) is 0 Å². The standard InChI is InChI=1S/C15H24N2OS/c1-19-15-8-3-7-14(13(15)11-16)17(9-4-10-18)12-5-2-6-12/h3,7-8,12,18H,2,4-6,9-11,16H2,1H3. The van der Waals surface area contributed by atoms with Crippen LogP contribution in [0.2, 0.25) is 0 Å². The molecule has 1 saturated carbocycles. The van der Waals surface area contributed by atoms with Crippen molar-refractivity contribution in [1.82, 2.24) is 0 Å². The minimum Gasteiger partial charge on any atom is -0.396 e. The van der Waals surface area contributed by atoms with Crippen molar-refractivity contribution in [3.8, 4) is 0 Å². The molecule has 19 heavy (non-hydrogen) atoms. The van der Waals surface area contributed by atoms with Crippen molar-refractivity contribution in [3.63, 3.8) is 0 Å². The maximum absolute atomic E-state index is 9.11. The number of hydrogen-bond donors (Lipinski definition) is 2. The van der Waals surface area contributed by atoms with Gasteiger partial charge in [0.1, 0.15) is 0 Å². The van der Waals surface area contributed by atoms with Gasteiger partial charge < -0.3 is 15.7 Å². The molecule has 0 radical (unpaired) electrons. The molecule has 0 bridgehead atoms. The Morgan fingerprint density at radius 3 is 2.74 bits per heavy atom. The van der Waals surface area contributed by atoms with E-state index in [1.165, 1.54) is 35.4 Å². The highest BCUT2D eigenvalue weighted by molar-refractivity contribution is 7.98. The molecule has 1 fully saturated rings. The third-order valence-corrected chi connectivity index (χ3v) is 4.74. The van der Waals surface area contributed by atoms with Gasteiger partial charge in [0.15, 0.2) is 0 Å². The molecule has 3 nitrogen and oxygen atoms in total. The zero-order valence-electron chi connectivity index (χ0n) is 11.6. The second-order valence-electron chi connectivity index (χ2n) is 5.02. The van der Waals surface area contributed by atoms with E-state index < -0.39 is 0 Å². The van der Waals surface area contributed by atoms with Gasteiger partial charge >= 0.3 is 0 Å². The Kier molecular flexibility index (Phi) is 5.55. The summed E-state index contributed by atoms with van der Waals surface area (Å²) in [4.78, 5) is 3.73. The molecular weight excluding hydrogens is 256 g/mol. The van der Waals surface area contributed by atoms with E-state index in [0.717, 1.165) is 13.0 Å². The van der Waals surface area contributed by atoms with Gasteiger partial charge in [0, 0.05) is 41.9 Å². The van der Waals surface area contributed by atoms with E-state index in [1.807, 2.05) is 0 Å². The number of thioether (sulfide) groups is 1. The molecular formula is C15H24N2OS. The van der Waals surface area contributed by atoms with Crippen molar-refractivity contribution in [1.29, 1.82) is 0 Å². The van der Waals surface area contributed by atoms with Crippen molar-refractivity contribution >= 4 is 17.4 Å². The van der Waals surface area contributed by atoms with Gasteiger partial charge in [-0.2, -0.15) is 0 Å². The van der Waals surface area contributed by atoms with Crippen LogP contribution >= 0.6 is 11.8 Å². The summed E-state index contributed by atoms with van der Waals surface area (Å²) in [5.74, 6) is 0. The topological polar surface area (TPSA) is 49.5 Å². The molecule has 1 aromatic rings. The van der Waals surface area contributed by atoms with Gasteiger partial charge in [0.05, 0.1) is 0 Å². The Morgan fingerprint density at radius 2 is 2.21 bits per heavy atom. The number of hydrogen-bond acceptors (Lipinski definition) is 4. The average Bonchev–Trinajstić information content (AvgIpc) is 2.40. The lowest BCUT2D eigenvalue weighted by Crippen LogP contribution is -2.41. The van der Waals surface area contributed by atoms with Crippen molar-refractivity contribution in [3.05, 3.63) is 23.8 Å². The number of nitrogens with zero attached hydrogens (tertiary/aromatic N) is 1. The second kappa shape index (κ2) is 7.17. The first kappa shape index (κ1) is 14.7. The summed E-state index contributed by atoms with van der Waals surface area (Å²) in [5.41, 5.74) is 8.48. The Labute approximate surface area is 120 Å². The number of nitrogens with two attached hydrogens (primary N) is 1. The molecule has 0 amide bonds. The number of aliphatic hydroxyl groups excluding tert-OH is 1. The van der Waals surface area contributed by atoms with E-state index in [2.05, 4.69) is 29.4 Å². The second-order valence-corrected chi connectivity index (χ2v) is 5.87. The first-order valence-electron chi connectivity index (χ1n) is 7.05. The van der Waals surface area contributed by atoms with Gasteiger partial charge in [-0.05, 0) is 44.1 Å². The third-order valence-electron chi connectivity index (χ3n) is 3.91. The largest absolute Gasteiger partial charge is 0.396 e. The smallest absolute Gasteiger partial charge is 0.0447 e. The van der Waals surface area contributed by atoms with E-state index in [4.69, 9.17) is 10.8 Å². The van der Waals surface area contributed by atoms with Gasteiger partial charge in [-0.25, -0.2) is 0 Å². The lowest BCUT2D eigenvalue weighted by atomic mass is 9.90. The first-order chi connectivity index (χ1) is 9.31. The van der Waals surface area contributed by atoms with Crippen molar-refractivity contribution in [2.45, 2.75) is 43.2 Å². The third kappa shape index (κ3) is 3.25. The van der Waals surface area contributed by atoms with Crippen LogP contribution in [0.1, 0.15) is 31.2 Å². The summed E-state index contributed by atoms with van der Waals surface area (Å²) < 4.78 is 0. The lowest BCUT2D eigenvalue weighted by molar-refractivity contribution is 0.283. The van der Waals surface area contributed by atoms with Crippen molar-refractivity contribution < 1.29 is 5.11 Å². The fourth-order valence-electron chi connectivity index (χ4n) is 2.66. The molecule has 0 aromatic heterocycles. The van der Waals surface area contributed by atoms with Gasteiger partial charge in [0.25, 0.3) is 0 Å². The van der Waals surface area contributed by atoms with E-state index in [1.54, 1.807) is 11.8 Å². The molecule has 0 saturated heterocycles. The molecule has 1 aromatic carbocycles. The number of anilines is 1. The first-order valence-corrected chi connectivity index (χ1v) is 8.27. The van der Waals surface area contributed by atoms with Crippen LogP contribution < -0.4 is 10.6 Å². The van der Waals surface area contributed by atoms with Crippen LogP contribution in [0.15, 0.2) is 23.1 Å². The number of rotatable bonds is 7. The van der Waals surface area contributed by atoms with E-state index in [0.29, 0.717) is 12.6 Å². The predicted octanol–water partition coefficient (Wildman–Crippen LogP) is 2.61. The molecule has 1 aliphatic rings. The van der Waals surface area contributed by atoms with Crippen LogP contribution in [0.3, 0.4) is 0 Å². The summed E-state index contributed by atoms with van der Waals surface area (Å²) in [6.07, 6.45) is 6.77. The Morgan fingerprint density at radius 1 is 1.42 bits per heavy atom. The maximum Gasteiger partial charge on any atom is 0.0447 e.